The van der Waals surface area contributed by atoms with Gasteiger partial charge >= 0.3 is 0 Å². The number of hydrogen-bond donors (Lipinski definition) is 1. The van der Waals surface area contributed by atoms with Crippen molar-refractivity contribution in [1.82, 2.24) is 10.2 Å². The maximum absolute atomic E-state index is 5.83. The quantitative estimate of drug-likeness (QED) is 0.663. The molecule has 0 aromatic heterocycles. The molecule has 0 saturated carbocycles. The summed E-state index contributed by atoms with van der Waals surface area (Å²) >= 11 is 0. The monoisotopic (exact) mass is 256 g/mol. The Kier molecular flexibility index (Phi) is 5.89. The van der Waals surface area contributed by atoms with Crippen LogP contribution in [0.4, 0.5) is 0 Å². The summed E-state index contributed by atoms with van der Waals surface area (Å²) in [5.74, 6) is 0. The van der Waals surface area contributed by atoms with Crippen LogP contribution in [0.3, 0.4) is 0 Å². The van der Waals surface area contributed by atoms with Gasteiger partial charge in [0.1, 0.15) is 0 Å². The first-order chi connectivity index (χ1) is 8.74. The Labute approximate surface area is 111 Å². The molecule has 2 rings (SSSR count). The smallest absolute Gasteiger partial charge is 0.0707 e. The van der Waals surface area contributed by atoms with Gasteiger partial charge in [-0.2, -0.15) is 0 Å². The van der Waals surface area contributed by atoms with Crippen molar-refractivity contribution >= 4 is 0 Å². The van der Waals surface area contributed by atoms with Crippen LogP contribution in [0.15, 0.2) is 0 Å². The lowest BCUT2D eigenvalue weighted by Crippen LogP contribution is -2.45. The SMILES string of the molecule is CC(C)OCCCNCCN1CC2CCC(C1)O2. The highest BCUT2D eigenvalue weighted by Gasteiger charge is 2.33. The van der Waals surface area contributed by atoms with E-state index in [9.17, 15) is 0 Å². The van der Waals surface area contributed by atoms with E-state index in [0.29, 0.717) is 18.3 Å². The first kappa shape index (κ1) is 14.3. The molecule has 0 amide bonds. The van der Waals surface area contributed by atoms with Gasteiger partial charge in [0.25, 0.3) is 0 Å². The predicted molar refractivity (Wildman–Crippen MR) is 72.9 cm³/mol. The second-order valence-corrected chi connectivity index (χ2v) is 5.74. The van der Waals surface area contributed by atoms with Crippen molar-refractivity contribution in [3.63, 3.8) is 0 Å². The van der Waals surface area contributed by atoms with E-state index >= 15 is 0 Å². The van der Waals surface area contributed by atoms with Gasteiger partial charge in [-0.3, -0.25) is 4.90 Å². The Morgan fingerprint density at radius 1 is 1.22 bits per heavy atom. The first-order valence-electron chi connectivity index (χ1n) is 7.44. The molecule has 4 nitrogen and oxygen atoms in total. The van der Waals surface area contributed by atoms with E-state index < -0.39 is 0 Å². The molecule has 18 heavy (non-hydrogen) atoms. The summed E-state index contributed by atoms with van der Waals surface area (Å²) in [4.78, 5) is 2.55. The highest BCUT2D eigenvalue weighted by atomic mass is 16.5. The lowest BCUT2D eigenvalue weighted by atomic mass is 10.2. The third-order valence-electron chi connectivity index (χ3n) is 3.67. The molecule has 0 aromatic carbocycles. The van der Waals surface area contributed by atoms with Crippen molar-refractivity contribution in [3.05, 3.63) is 0 Å². The summed E-state index contributed by atoms with van der Waals surface area (Å²) < 4.78 is 11.3. The van der Waals surface area contributed by atoms with Crippen molar-refractivity contribution in [2.24, 2.45) is 0 Å². The van der Waals surface area contributed by atoms with Crippen LogP contribution >= 0.6 is 0 Å². The molecule has 2 aliphatic heterocycles. The van der Waals surface area contributed by atoms with Gasteiger partial charge < -0.3 is 14.8 Å². The topological polar surface area (TPSA) is 33.7 Å². The predicted octanol–water partition coefficient (Wildman–Crippen LogP) is 1.25. The average molecular weight is 256 g/mol. The van der Waals surface area contributed by atoms with Crippen molar-refractivity contribution in [2.75, 3.05) is 39.3 Å². The molecule has 2 unspecified atom stereocenters. The molecular weight excluding hydrogens is 228 g/mol. The zero-order valence-corrected chi connectivity index (χ0v) is 11.9. The van der Waals surface area contributed by atoms with Crippen molar-refractivity contribution in [2.45, 2.75) is 51.4 Å². The number of hydrogen-bond acceptors (Lipinski definition) is 4. The first-order valence-corrected chi connectivity index (χ1v) is 7.44. The van der Waals surface area contributed by atoms with Crippen LogP contribution in [0.2, 0.25) is 0 Å². The minimum absolute atomic E-state index is 0.355. The Balaban J connectivity index is 1.44. The fourth-order valence-corrected chi connectivity index (χ4v) is 2.76. The van der Waals surface area contributed by atoms with Crippen LogP contribution in [0, 0.1) is 0 Å². The van der Waals surface area contributed by atoms with Crippen LogP contribution in [0.1, 0.15) is 33.1 Å². The molecule has 2 heterocycles. The lowest BCUT2D eigenvalue weighted by Gasteiger charge is -2.32. The van der Waals surface area contributed by atoms with Gasteiger partial charge in [0.15, 0.2) is 0 Å². The highest BCUT2D eigenvalue weighted by molar-refractivity contribution is 4.84. The normalized spacial score (nSPS) is 28.2. The minimum Gasteiger partial charge on any atom is -0.379 e. The van der Waals surface area contributed by atoms with Gasteiger partial charge in [0, 0.05) is 32.8 Å². The second-order valence-electron chi connectivity index (χ2n) is 5.74. The van der Waals surface area contributed by atoms with Crippen molar-refractivity contribution in [1.29, 1.82) is 0 Å². The summed E-state index contributed by atoms with van der Waals surface area (Å²) in [6, 6.07) is 0. The Bertz CT molecular complexity index is 224. The maximum atomic E-state index is 5.83. The van der Waals surface area contributed by atoms with E-state index in [1.807, 2.05) is 0 Å². The summed E-state index contributed by atoms with van der Waals surface area (Å²) in [6.45, 7) is 10.6. The van der Waals surface area contributed by atoms with Gasteiger partial charge in [-0.05, 0) is 39.7 Å². The van der Waals surface area contributed by atoms with Gasteiger partial charge in [-0.1, -0.05) is 0 Å². The van der Waals surface area contributed by atoms with E-state index in [1.165, 1.54) is 12.8 Å². The van der Waals surface area contributed by atoms with Crippen molar-refractivity contribution in [3.8, 4) is 0 Å². The Morgan fingerprint density at radius 3 is 2.61 bits per heavy atom. The van der Waals surface area contributed by atoms with Crippen LogP contribution in [-0.4, -0.2) is 62.5 Å². The number of fused-ring (bicyclic) bond motifs is 2. The molecule has 2 fully saturated rings. The number of likely N-dealkylation sites (tertiary alicyclic amines) is 1. The fourth-order valence-electron chi connectivity index (χ4n) is 2.76. The molecule has 4 heteroatoms. The zero-order valence-electron chi connectivity index (χ0n) is 11.9. The molecule has 1 N–H and O–H groups in total. The lowest BCUT2D eigenvalue weighted by molar-refractivity contribution is -0.0376. The van der Waals surface area contributed by atoms with Crippen LogP contribution in [0.25, 0.3) is 0 Å². The zero-order chi connectivity index (χ0) is 12.8. The van der Waals surface area contributed by atoms with Gasteiger partial charge in [-0.25, -0.2) is 0 Å². The largest absolute Gasteiger partial charge is 0.379 e. The molecule has 2 saturated heterocycles. The molecule has 0 radical (unpaired) electrons. The third kappa shape index (κ3) is 4.84. The van der Waals surface area contributed by atoms with Gasteiger partial charge in [0.2, 0.25) is 0 Å². The van der Waals surface area contributed by atoms with Crippen LogP contribution < -0.4 is 5.32 Å². The molecule has 0 spiro atoms. The standard InChI is InChI=1S/C14H28N2O2/c1-12(2)17-9-3-6-15-7-8-16-10-13-4-5-14(11-16)18-13/h12-15H,3-11H2,1-2H3. The molecule has 106 valence electrons. The van der Waals surface area contributed by atoms with Crippen LogP contribution in [0.5, 0.6) is 0 Å². The third-order valence-corrected chi connectivity index (χ3v) is 3.67. The van der Waals surface area contributed by atoms with E-state index in [4.69, 9.17) is 9.47 Å². The second kappa shape index (κ2) is 7.43. The molecule has 0 aliphatic carbocycles. The highest BCUT2D eigenvalue weighted by Crippen LogP contribution is 2.25. The average Bonchev–Trinajstić information content (AvgIpc) is 2.67. The van der Waals surface area contributed by atoms with Gasteiger partial charge in [-0.15, -0.1) is 0 Å². The number of nitrogens with zero attached hydrogens (tertiary/aromatic N) is 1. The Hall–Kier alpha value is -0.160. The maximum Gasteiger partial charge on any atom is 0.0707 e. The van der Waals surface area contributed by atoms with Crippen molar-refractivity contribution < 1.29 is 9.47 Å². The molecule has 2 atom stereocenters. The molecule has 2 bridgehead atoms. The van der Waals surface area contributed by atoms with Crippen LogP contribution in [-0.2, 0) is 9.47 Å². The number of morpholine rings is 1. The van der Waals surface area contributed by atoms with E-state index in [2.05, 4.69) is 24.1 Å². The fraction of sp³-hybridized carbons (Fsp3) is 1.00. The molecular formula is C14H28N2O2. The van der Waals surface area contributed by atoms with E-state index in [1.54, 1.807) is 0 Å². The number of nitrogens with one attached hydrogen (secondary N) is 1. The minimum atomic E-state index is 0.355. The summed E-state index contributed by atoms with van der Waals surface area (Å²) in [7, 11) is 0. The summed E-state index contributed by atoms with van der Waals surface area (Å²) in [5, 5.41) is 3.49. The Morgan fingerprint density at radius 2 is 1.94 bits per heavy atom. The number of ether oxygens (including phenoxy) is 2. The van der Waals surface area contributed by atoms with Gasteiger partial charge in [0.05, 0.1) is 18.3 Å². The summed E-state index contributed by atoms with van der Waals surface area (Å²) in [5.41, 5.74) is 0. The summed E-state index contributed by atoms with van der Waals surface area (Å²) in [6.07, 6.45) is 5.02. The molecule has 2 aliphatic rings. The number of rotatable bonds is 8. The van der Waals surface area contributed by atoms with E-state index in [0.717, 1.165) is 45.8 Å². The van der Waals surface area contributed by atoms with E-state index in [-0.39, 0.29) is 0 Å². The molecule has 0 aromatic rings.